The van der Waals surface area contributed by atoms with Crippen molar-refractivity contribution in [3.8, 4) is 5.75 Å². The number of methoxy groups -OCH3 is 1. The first-order valence-electron chi connectivity index (χ1n) is 4.21. The summed E-state index contributed by atoms with van der Waals surface area (Å²) in [6.45, 7) is -0.0965. The summed E-state index contributed by atoms with van der Waals surface area (Å²) < 4.78 is 29.9. The van der Waals surface area contributed by atoms with E-state index in [2.05, 4.69) is 9.72 Å². The van der Waals surface area contributed by atoms with E-state index in [1.807, 2.05) is 0 Å². The van der Waals surface area contributed by atoms with Crippen molar-refractivity contribution >= 4 is 5.82 Å². The quantitative estimate of drug-likeness (QED) is 0.626. The van der Waals surface area contributed by atoms with Crippen LogP contribution in [0.25, 0.3) is 0 Å². The third kappa shape index (κ3) is 2.22. The normalized spacial score (nSPS) is 10.6. The van der Waals surface area contributed by atoms with Crippen LogP contribution in [0.15, 0.2) is 6.07 Å². The topological polar surface area (TPSA) is 91.3 Å². The summed E-state index contributed by atoms with van der Waals surface area (Å²) in [5.74, 6) is -1.20. The van der Waals surface area contributed by atoms with Crippen molar-refractivity contribution in [2.45, 2.75) is 13.0 Å². The molecule has 6 nitrogen and oxygen atoms in total. The van der Waals surface area contributed by atoms with Gasteiger partial charge in [0.1, 0.15) is 5.75 Å². The smallest absolute Gasteiger partial charge is 0.376 e. The molecule has 0 aliphatic rings. The minimum atomic E-state index is -3.03. The van der Waals surface area contributed by atoms with E-state index in [4.69, 9.17) is 5.73 Å². The lowest BCUT2D eigenvalue weighted by Gasteiger charge is -2.08. The van der Waals surface area contributed by atoms with Crippen LogP contribution in [0.4, 0.5) is 14.6 Å². The maximum Gasteiger partial charge on any atom is 0.376 e. The molecule has 0 bridgehead atoms. The lowest BCUT2D eigenvalue weighted by Crippen LogP contribution is -2.07. The Kier molecular flexibility index (Phi) is 3.67. The summed E-state index contributed by atoms with van der Waals surface area (Å²) in [5.41, 5.74) is 4.53. The van der Waals surface area contributed by atoms with Crippen molar-refractivity contribution in [1.29, 1.82) is 0 Å². The van der Waals surface area contributed by atoms with Crippen LogP contribution >= 0.6 is 0 Å². The van der Waals surface area contributed by atoms with Crippen LogP contribution in [-0.2, 0) is 6.54 Å². The van der Waals surface area contributed by atoms with Crippen LogP contribution in [0.1, 0.15) is 17.7 Å². The summed E-state index contributed by atoms with van der Waals surface area (Å²) in [7, 11) is 1.14. The maximum atomic E-state index is 12.6. The average molecular weight is 233 g/mol. The maximum absolute atomic E-state index is 12.6. The molecule has 1 aromatic heterocycles. The van der Waals surface area contributed by atoms with Crippen molar-refractivity contribution in [2.75, 3.05) is 7.11 Å². The van der Waals surface area contributed by atoms with Gasteiger partial charge in [0.2, 0.25) is 0 Å². The Morgan fingerprint density at radius 1 is 1.69 bits per heavy atom. The summed E-state index contributed by atoms with van der Waals surface area (Å²) in [4.78, 5) is 13.0. The number of nitro groups is 1. The lowest BCUT2D eigenvalue weighted by molar-refractivity contribution is -0.391. The standard InChI is InChI=1S/C8H9F2N3O3/c1-16-5-2-4(3-11)12-8(13(14)15)6(5)7(9)10/h2,7H,3,11H2,1H3. The van der Waals surface area contributed by atoms with Crippen LogP contribution in [0, 0.1) is 10.1 Å². The SMILES string of the molecule is COc1cc(CN)nc([N+](=O)[O-])c1C(F)F. The minimum absolute atomic E-state index is 0.0965. The van der Waals surface area contributed by atoms with E-state index >= 15 is 0 Å². The van der Waals surface area contributed by atoms with E-state index in [1.54, 1.807) is 0 Å². The molecule has 1 aromatic rings. The molecule has 0 spiro atoms. The molecule has 0 radical (unpaired) electrons. The van der Waals surface area contributed by atoms with Gasteiger partial charge in [0.15, 0.2) is 11.3 Å². The number of alkyl halides is 2. The number of aromatic nitrogens is 1. The van der Waals surface area contributed by atoms with E-state index in [-0.39, 0.29) is 18.0 Å². The third-order valence-corrected chi connectivity index (χ3v) is 1.87. The highest BCUT2D eigenvalue weighted by Crippen LogP contribution is 2.35. The molecule has 0 aliphatic carbocycles. The molecule has 1 heterocycles. The second-order valence-electron chi connectivity index (χ2n) is 2.82. The summed E-state index contributed by atoms with van der Waals surface area (Å²) in [6.07, 6.45) is -3.03. The number of halogens is 2. The Balaban J connectivity index is 3.47. The van der Waals surface area contributed by atoms with Crippen LogP contribution in [0.5, 0.6) is 5.75 Å². The fourth-order valence-corrected chi connectivity index (χ4v) is 1.19. The summed E-state index contributed by atoms with van der Waals surface area (Å²) >= 11 is 0. The van der Waals surface area contributed by atoms with Gasteiger partial charge in [-0.3, -0.25) is 0 Å². The Labute approximate surface area is 89.2 Å². The minimum Gasteiger partial charge on any atom is -0.496 e. The highest BCUT2D eigenvalue weighted by molar-refractivity contribution is 5.46. The second-order valence-corrected chi connectivity index (χ2v) is 2.82. The molecule has 0 atom stereocenters. The Morgan fingerprint density at radius 3 is 2.69 bits per heavy atom. The molecule has 16 heavy (non-hydrogen) atoms. The van der Waals surface area contributed by atoms with Gasteiger partial charge in [0.05, 0.1) is 13.7 Å². The van der Waals surface area contributed by atoms with Gasteiger partial charge in [-0.05, 0) is 9.91 Å². The highest BCUT2D eigenvalue weighted by atomic mass is 19.3. The number of nitrogens with zero attached hydrogens (tertiary/aromatic N) is 2. The largest absolute Gasteiger partial charge is 0.496 e. The Bertz CT molecular complexity index is 412. The summed E-state index contributed by atoms with van der Waals surface area (Å²) in [6, 6.07) is 1.16. The van der Waals surface area contributed by atoms with Gasteiger partial charge in [-0.2, -0.15) is 0 Å². The van der Waals surface area contributed by atoms with E-state index in [0.717, 1.165) is 13.2 Å². The fraction of sp³-hybridized carbons (Fsp3) is 0.375. The molecule has 1 rings (SSSR count). The number of nitrogens with two attached hydrogens (primary N) is 1. The molecule has 0 amide bonds. The summed E-state index contributed by atoms with van der Waals surface area (Å²) in [5, 5.41) is 10.6. The zero-order valence-electron chi connectivity index (χ0n) is 8.31. The Morgan fingerprint density at radius 2 is 2.31 bits per heavy atom. The molecular formula is C8H9F2N3O3. The van der Waals surface area contributed by atoms with Gasteiger partial charge in [-0.25, -0.2) is 8.78 Å². The fourth-order valence-electron chi connectivity index (χ4n) is 1.19. The molecule has 0 aromatic carbocycles. The molecule has 0 saturated carbocycles. The van der Waals surface area contributed by atoms with Crippen LogP contribution in [0.2, 0.25) is 0 Å². The van der Waals surface area contributed by atoms with E-state index < -0.39 is 22.7 Å². The first kappa shape index (κ1) is 12.2. The first-order chi connectivity index (χ1) is 7.51. The van der Waals surface area contributed by atoms with Crippen molar-refractivity contribution in [3.05, 3.63) is 27.4 Å². The predicted octanol–water partition coefficient (Wildman–Crippen LogP) is 1.39. The second kappa shape index (κ2) is 4.79. The van der Waals surface area contributed by atoms with Crippen LogP contribution in [-0.4, -0.2) is 17.0 Å². The van der Waals surface area contributed by atoms with E-state index in [0.29, 0.717) is 0 Å². The van der Waals surface area contributed by atoms with Gasteiger partial charge < -0.3 is 20.6 Å². The van der Waals surface area contributed by atoms with Crippen LogP contribution in [0.3, 0.4) is 0 Å². The lowest BCUT2D eigenvalue weighted by atomic mass is 10.2. The van der Waals surface area contributed by atoms with Gasteiger partial charge in [-0.1, -0.05) is 0 Å². The zero-order chi connectivity index (χ0) is 12.3. The molecule has 0 unspecified atom stereocenters. The molecule has 2 N–H and O–H groups in total. The van der Waals surface area contributed by atoms with Crippen molar-refractivity contribution in [1.82, 2.24) is 4.98 Å². The van der Waals surface area contributed by atoms with Gasteiger partial charge in [0.25, 0.3) is 6.43 Å². The van der Waals surface area contributed by atoms with Crippen molar-refractivity contribution in [2.24, 2.45) is 5.73 Å². The molecule has 0 aliphatic heterocycles. The first-order valence-corrected chi connectivity index (χ1v) is 4.21. The van der Waals surface area contributed by atoms with Crippen molar-refractivity contribution in [3.63, 3.8) is 0 Å². The Hall–Kier alpha value is -1.83. The van der Waals surface area contributed by atoms with Gasteiger partial charge >= 0.3 is 5.82 Å². The number of hydrogen-bond acceptors (Lipinski definition) is 5. The van der Waals surface area contributed by atoms with Gasteiger partial charge in [-0.15, -0.1) is 0 Å². The number of ether oxygens (including phenoxy) is 1. The molecule has 8 heteroatoms. The van der Waals surface area contributed by atoms with Crippen LogP contribution < -0.4 is 10.5 Å². The third-order valence-electron chi connectivity index (χ3n) is 1.87. The highest BCUT2D eigenvalue weighted by Gasteiger charge is 2.29. The number of pyridine rings is 1. The molecule has 0 fully saturated rings. The average Bonchev–Trinajstić information content (AvgIpc) is 2.26. The monoisotopic (exact) mass is 233 g/mol. The predicted molar refractivity (Wildman–Crippen MR) is 50.3 cm³/mol. The number of rotatable bonds is 4. The molecule has 88 valence electrons. The van der Waals surface area contributed by atoms with Gasteiger partial charge in [0, 0.05) is 6.07 Å². The zero-order valence-corrected chi connectivity index (χ0v) is 8.31. The van der Waals surface area contributed by atoms with Crippen molar-refractivity contribution < 1.29 is 18.4 Å². The molecule has 0 saturated heterocycles. The van der Waals surface area contributed by atoms with E-state index in [9.17, 15) is 18.9 Å². The number of hydrogen-bond donors (Lipinski definition) is 1. The van der Waals surface area contributed by atoms with E-state index in [1.165, 1.54) is 0 Å². The molecular weight excluding hydrogens is 224 g/mol.